The monoisotopic (exact) mass is 451 g/mol. The van der Waals surface area contributed by atoms with Crippen molar-refractivity contribution < 1.29 is 18.7 Å². The van der Waals surface area contributed by atoms with Gasteiger partial charge >= 0.3 is 0 Å². The molecule has 1 fully saturated rings. The molecule has 0 spiro atoms. The number of piperidine rings is 1. The van der Waals surface area contributed by atoms with Gasteiger partial charge in [-0.1, -0.05) is 24.3 Å². The lowest BCUT2D eigenvalue weighted by molar-refractivity contribution is 0.0709. The summed E-state index contributed by atoms with van der Waals surface area (Å²) < 4.78 is 21.3. The highest BCUT2D eigenvalue weighted by Crippen LogP contribution is 2.33. The molecule has 8 heteroatoms. The number of benzene rings is 2. The summed E-state index contributed by atoms with van der Waals surface area (Å²) in [5, 5.41) is 0.566. The first-order valence-electron chi connectivity index (χ1n) is 11.1. The number of nitrogens with zero attached hydrogens (tertiary/aromatic N) is 2. The summed E-state index contributed by atoms with van der Waals surface area (Å²) >= 11 is 0. The van der Waals surface area contributed by atoms with E-state index in [-0.39, 0.29) is 28.9 Å². The number of nitrogens with two attached hydrogens (primary N) is 2. The van der Waals surface area contributed by atoms with Crippen LogP contribution >= 0.6 is 0 Å². The van der Waals surface area contributed by atoms with Crippen molar-refractivity contribution in [2.45, 2.75) is 31.8 Å². The fraction of sp³-hybridized carbons (Fsp3) is 0.360. The first-order valence-corrected chi connectivity index (χ1v) is 11.1. The predicted molar refractivity (Wildman–Crippen MR) is 123 cm³/mol. The minimum Gasteiger partial charge on any atom is -0.383 e. The number of carbonyl (C=O) groups excluding carboxylic acids is 2. The van der Waals surface area contributed by atoms with Gasteiger partial charge in [-0.25, -0.2) is 4.39 Å². The normalized spacial score (nSPS) is 14.7. The van der Waals surface area contributed by atoms with E-state index >= 15 is 0 Å². The van der Waals surface area contributed by atoms with E-state index in [9.17, 15) is 14.0 Å². The molecule has 0 bridgehead atoms. The molecule has 1 aliphatic heterocycles. The van der Waals surface area contributed by atoms with Crippen LogP contribution < -0.4 is 11.5 Å². The second-order valence-electron chi connectivity index (χ2n) is 8.29. The van der Waals surface area contributed by atoms with Crippen molar-refractivity contribution in [3.8, 4) is 0 Å². The molecular weight excluding hydrogens is 423 g/mol. The highest BCUT2D eigenvalue weighted by atomic mass is 19.1. The van der Waals surface area contributed by atoms with Crippen LogP contribution in [0, 0.1) is 11.9 Å². The third-order valence-electron chi connectivity index (χ3n) is 6.37. The molecule has 0 aliphatic carbocycles. The molecule has 2 amide bonds. The summed E-state index contributed by atoms with van der Waals surface area (Å²) in [6.07, 6.45) is 1.24. The van der Waals surface area contributed by atoms with Gasteiger partial charge in [-0.3, -0.25) is 9.59 Å². The quantitative estimate of drug-likeness (QED) is 0.576. The van der Waals surface area contributed by atoms with Crippen molar-refractivity contribution in [2.24, 2.45) is 11.5 Å². The lowest BCUT2D eigenvalue weighted by atomic mass is 9.88. The summed E-state index contributed by atoms with van der Waals surface area (Å²) in [4.78, 5) is 27.7. The fourth-order valence-electron chi connectivity index (χ4n) is 4.69. The number of fused-ring (bicyclic) bond motifs is 1. The van der Waals surface area contributed by atoms with Crippen molar-refractivity contribution in [1.82, 2.24) is 9.47 Å². The molecule has 3 aromatic rings. The van der Waals surface area contributed by atoms with Crippen LogP contribution in [-0.4, -0.2) is 48.1 Å². The topological polar surface area (TPSA) is 104 Å². The number of rotatable bonds is 7. The van der Waals surface area contributed by atoms with Gasteiger partial charge in [0.25, 0.3) is 11.8 Å². The Kier molecular flexibility index (Phi) is 6.76. The molecule has 4 rings (SSSR count). The van der Waals surface area contributed by atoms with Crippen molar-refractivity contribution in [1.29, 1.82) is 0 Å². The van der Waals surface area contributed by atoms with E-state index in [1.165, 1.54) is 6.07 Å². The maximum absolute atomic E-state index is 14.4. The van der Waals surface area contributed by atoms with Crippen LogP contribution in [0.4, 0.5) is 4.39 Å². The molecule has 0 unspecified atom stereocenters. The van der Waals surface area contributed by atoms with Crippen molar-refractivity contribution in [3.05, 3.63) is 70.7 Å². The molecule has 0 atom stereocenters. The Balaban J connectivity index is 1.63. The molecule has 1 aromatic heterocycles. The molecule has 2 heterocycles. The van der Waals surface area contributed by atoms with Crippen LogP contribution in [0.1, 0.15) is 50.7 Å². The molecule has 173 valence electrons. The summed E-state index contributed by atoms with van der Waals surface area (Å²) in [5.74, 6) is -1.17. The van der Waals surface area contributed by atoms with Crippen LogP contribution in [0.15, 0.2) is 36.4 Å². The van der Waals surface area contributed by atoms with E-state index in [2.05, 4.69) is 6.07 Å². The number of hydrogen-bond donors (Lipinski definition) is 2. The van der Waals surface area contributed by atoms with Gasteiger partial charge in [-0.2, -0.15) is 0 Å². The number of likely N-dealkylation sites (tertiary alicyclic amines) is 1. The van der Waals surface area contributed by atoms with Gasteiger partial charge in [0, 0.05) is 38.7 Å². The molecule has 2 aromatic carbocycles. The van der Waals surface area contributed by atoms with Crippen LogP contribution in [-0.2, 0) is 17.8 Å². The highest BCUT2D eigenvalue weighted by Gasteiger charge is 2.32. The van der Waals surface area contributed by atoms with E-state index < -0.39 is 5.91 Å². The number of methoxy groups -OCH3 is 1. The van der Waals surface area contributed by atoms with Gasteiger partial charge in [-0.05, 0) is 48.1 Å². The van der Waals surface area contributed by atoms with Gasteiger partial charge in [0.2, 0.25) is 0 Å². The first-order chi connectivity index (χ1) is 16.0. The molecule has 0 saturated carbocycles. The Labute approximate surface area is 192 Å². The Bertz CT molecular complexity index is 1180. The van der Waals surface area contributed by atoms with Crippen molar-refractivity contribution in [2.75, 3.05) is 26.8 Å². The molecule has 1 radical (unpaired) electrons. The number of ether oxygens (including phenoxy) is 1. The number of halogens is 1. The van der Waals surface area contributed by atoms with Gasteiger partial charge < -0.3 is 25.7 Å². The van der Waals surface area contributed by atoms with Crippen molar-refractivity contribution >= 4 is 22.7 Å². The van der Waals surface area contributed by atoms with E-state index in [1.807, 2.05) is 12.1 Å². The standard InChI is InChI=1S/C25H28FN4O3/c1-33-13-12-30-21-5-3-2-4-18(21)22(23(30)24(28)31)25(32)29-10-8-17(9-11-29)19-14-16(15-27)6-7-20(19)26/h2-3,5-7,14,17H,8-13,15,27H2,1H3,(H2,28,31). The minimum atomic E-state index is -0.672. The second-order valence-corrected chi connectivity index (χ2v) is 8.29. The Morgan fingerprint density at radius 1 is 1.24 bits per heavy atom. The average Bonchev–Trinajstić information content (AvgIpc) is 3.17. The third kappa shape index (κ3) is 4.36. The van der Waals surface area contributed by atoms with Gasteiger partial charge in [0.15, 0.2) is 0 Å². The van der Waals surface area contributed by atoms with E-state index in [0.717, 1.165) is 5.56 Å². The molecule has 7 nitrogen and oxygen atoms in total. The lowest BCUT2D eigenvalue weighted by Crippen LogP contribution is -2.39. The van der Waals surface area contributed by atoms with E-state index in [4.69, 9.17) is 16.2 Å². The van der Waals surface area contributed by atoms with E-state index in [0.29, 0.717) is 62.1 Å². The highest BCUT2D eigenvalue weighted by molar-refractivity contribution is 6.15. The molecule has 1 saturated heterocycles. The average molecular weight is 452 g/mol. The molecular formula is C25H28FN4O3. The largest absolute Gasteiger partial charge is 0.383 e. The SMILES string of the molecule is COCCn1c(C(N)=O)c(C(=O)N2CCC(c3cc(CN)ccc3F)CC2)c2[c]cccc21. The van der Waals surface area contributed by atoms with Gasteiger partial charge in [-0.15, -0.1) is 0 Å². The zero-order chi connectivity index (χ0) is 23.5. The number of amides is 2. The number of hydrogen-bond acceptors (Lipinski definition) is 4. The molecule has 33 heavy (non-hydrogen) atoms. The summed E-state index contributed by atoms with van der Waals surface area (Å²) in [5.41, 5.74) is 14.1. The van der Waals surface area contributed by atoms with Crippen molar-refractivity contribution in [3.63, 3.8) is 0 Å². The zero-order valence-corrected chi connectivity index (χ0v) is 18.6. The molecule has 4 N–H and O–H groups in total. The summed E-state index contributed by atoms with van der Waals surface area (Å²) in [7, 11) is 1.57. The summed E-state index contributed by atoms with van der Waals surface area (Å²) in [6, 6.07) is 13.4. The first kappa shape index (κ1) is 22.9. The Morgan fingerprint density at radius 3 is 2.67 bits per heavy atom. The maximum Gasteiger partial charge on any atom is 0.266 e. The van der Waals surface area contributed by atoms with Crippen LogP contribution in [0.5, 0.6) is 0 Å². The number of carbonyl (C=O) groups is 2. The van der Waals surface area contributed by atoms with Crippen LogP contribution in [0.2, 0.25) is 0 Å². The smallest absolute Gasteiger partial charge is 0.266 e. The predicted octanol–water partition coefficient (Wildman–Crippen LogP) is 2.80. The maximum atomic E-state index is 14.4. The van der Waals surface area contributed by atoms with Gasteiger partial charge in [0.05, 0.1) is 17.7 Å². The van der Waals surface area contributed by atoms with Crippen LogP contribution in [0.25, 0.3) is 10.9 Å². The number of primary amides is 1. The van der Waals surface area contributed by atoms with Crippen LogP contribution in [0.3, 0.4) is 0 Å². The molecule has 1 aliphatic rings. The summed E-state index contributed by atoms with van der Waals surface area (Å²) in [6.45, 7) is 2.00. The Hall–Kier alpha value is -3.23. The number of aromatic nitrogens is 1. The Morgan fingerprint density at radius 2 is 2.00 bits per heavy atom. The minimum absolute atomic E-state index is 0.00534. The third-order valence-corrected chi connectivity index (χ3v) is 6.37. The fourth-order valence-corrected chi connectivity index (χ4v) is 4.69. The zero-order valence-electron chi connectivity index (χ0n) is 18.6. The van der Waals surface area contributed by atoms with E-state index in [1.54, 1.807) is 34.8 Å². The van der Waals surface area contributed by atoms with Gasteiger partial charge in [0.1, 0.15) is 11.5 Å². The second kappa shape index (κ2) is 9.72. The lowest BCUT2D eigenvalue weighted by Gasteiger charge is -2.32.